The first-order valence-corrected chi connectivity index (χ1v) is 27.8. The number of para-hydroxylation sites is 1. The number of phenols is 2. The third kappa shape index (κ3) is 8.17. The topological polar surface area (TPSA) is 146 Å². The van der Waals surface area contributed by atoms with Crippen LogP contribution in [-0.2, 0) is 39.7 Å². The maximum Gasteiger partial charge on any atom is 0.226 e. The van der Waals surface area contributed by atoms with Gasteiger partial charge in [-0.05, 0) is 136 Å². The molecule has 0 unspecified atom stereocenters. The average Bonchev–Trinajstić information content (AvgIpc) is 4.28. The summed E-state index contributed by atoms with van der Waals surface area (Å²) in [6.45, 7) is 17.0. The number of halogens is 1. The molecule has 4 aromatic rings. The number of anilines is 1. The maximum absolute atomic E-state index is 12.6. The zero-order chi connectivity index (χ0) is 51.1. The van der Waals surface area contributed by atoms with Crippen LogP contribution in [0.5, 0.6) is 23.0 Å². The van der Waals surface area contributed by atoms with Crippen molar-refractivity contribution in [2.24, 2.45) is 5.92 Å². The fraction of sp³-hybridized carbons (Fsp3) is 0.516. The predicted molar refractivity (Wildman–Crippen MR) is 292 cm³/mol. The van der Waals surface area contributed by atoms with E-state index in [-0.39, 0.29) is 53.8 Å². The zero-order valence-electron chi connectivity index (χ0n) is 43.5. The highest BCUT2D eigenvalue weighted by Crippen LogP contribution is 2.67. The Balaban J connectivity index is 0.000000120. The van der Waals surface area contributed by atoms with Gasteiger partial charge >= 0.3 is 0 Å². The molecule has 5 aliphatic carbocycles. The molecule has 4 N–H and O–H groups in total. The van der Waals surface area contributed by atoms with Crippen LogP contribution < -0.4 is 14.4 Å². The molecule has 0 radical (unpaired) electrons. The van der Waals surface area contributed by atoms with Crippen molar-refractivity contribution >= 4 is 29.8 Å². The lowest BCUT2D eigenvalue weighted by Gasteiger charge is -2.63. The molecule has 75 heavy (non-hydrogen) atoms. The molecule has 0 aromatic heterocycles. The number of carbonyl (C=O) groups excluding carboxylic acids is 2. The SMILES string of the molecule is C=C1CC[C@@]2(O)[C@H]3Cc4ccc(O)c5c4[C@@]2(CCN3CC2CC2)[C@H]1O5.C=CCN1CC[C@]23c4c5ccc(O)c4O[C@H]2C(=O)CC[C@@]3(O)[C@H]1C5.CCC(=O)N(c1ccccc1)C1CCN(CCc2ccccc2)CC1.Cl. The van der Waals surface area contributed by atoms with E-state index in [9.17, 15) is 30.0 Å². The first-order chi connectivity index (χ1) is 35.8. The van der Waals surface area contributed by atoms with Crippen molar-refractivity contribution in [2.75, 3.05) is 50.7 Å². The Morgan fingerprint density at radius 3 is 1.89 bits per heavy atom. The first-order valence-electron chi connectivity index (χ1n) is 27.8. The van der Waals surface area contributed by atoms with E-state index in [1.807, 2.05) is 48.2 Å². The number of Topliss-reactive ketones (excluding diaryl/α,β-unsaturated/α-hetero) is 1. The van der Waals surface area contributed by atoms with Crippen molar-refractivity contribution in [3.8, 4) is 23.0 Å². The zero-order valence-corrected chi connectivity index (χ0v) is 44.3. The molecule has 14 rings (SSSR count). The van der Waals surface area contributed by atoms with Gasteiger partial charge in [-0.2, -0.15) is 0 Å². The Kier molecular flexibility index (Phi) is 13.8. The average molecular weight is 1040 g/mol. The van der Waals surface area contributed by atoms with Gasteiger partial charge in [-0.15, -0.1) is 19.0 Å². The number of likely N-dealkylation sites (tertiary alicyclic amines) is 3. The number of benzene rings is 4. The van der Waals surface area contributed by atoms with Crippen molar-refractivity contribution < 1.29 is 39.5 Å². The molecule has 12 nitrogen and oxygen atoms in total. The Labute approximate surface area is 448 Å². The van der Waals surface area contributed by atoms with Gasteiger partial charge in [-0.25, -0.2) is 0 Å². The number of hydrogen-bond donors (Lipinski definition) is 4. The van der Waals surface area contributed by atoms with Gasteiger partial charge in [-0.1, -0.05) is 80.2 Å². The summed E-state index contributed by atoms with van der Waals surface area (Å²) in [5, 5.41) is 44.6. The molecule has 2 spiro atoms. The minimum Gasteiger partial charge on any atom is -0.504 e. The van der Waals surface area contributed by atoms with Crippen LogP contribution in [0.15, 0.2) is 110 Å². The molecule has 13 heteroatoms. The molecule has 1 amide bonds. The number of carbonyl (C=O) groups is 2. The summed E-state index contributed by atoms with van der Waals surface area (Å²) in [6, 6.07) is 28.6. The number of amides is 1. The summed E-state index contributed by atoms with van der Waals surface area (Å²) in [6.07, 6.45) is 12.9. The first kappa shape index (κ1) is 51.9. The molecule has 4 aromatic carbocycles. The Hall–Kier alpha value is -5.21. The third-order valence-corrected chi connectivity index (χ3v) is 19.5. The van der Waals surface area contributed by atoms with Crippen molar-refractivity contribution in [1.29, 1.82) is 0 Å². The number of hydrogen-bond acceptors (Lipinski definition) is 11. The van der Waals surface area contributed by atoms with E-state index in [4.69, 9.17) is 9.47 Å². The molecular formula is C62H75ClN4O8. The van der Waals surface area contributed by atoms with E-state index in [2.05, 4.69) is 70.3 Å². The number of piperidine rings is 3. The summed E-state index contributed by atoms with van der Waals surface area (Å²) >= 11 is 0. The van der Waals surface area contributed by atoms with Crippen LogP contribution in [0, 0.1) is 5.92 Å². The van der Waals surface area contributed by atoms with Gasteiger partial charge in [0.15, 0.2) is 34.9 Å². The summed E-state index contributed by atoms with van der Waals surface area (Å²) in [5.74, 6) is 2.40. The molecule has 4 bridgehead atoms. The summed E-state index contributed by atoms with van der Waals surface area (Å²) in [7, 11) is 0. The maximum atomic E-state index is 12.6. The van der Waals surface area contributed by atoms with Crippen LogP contribution in [0.3, 0.4) is 0 Å². The van der Waals surface area contributed by atoms with Crippen LogP contribution >= 0.6 is 12.4 Å². The molecule has 3 saturated heterocycles. The highest BCUT2D eigenvalue weighted by Gasteiger charge is 2.74. The van der Waals surface area contributed by atoms with Gasteiger partial charge in [0.1, 0.15) is 6.10 Å². The predicted octanol–water partition coefficient (Wildman–Crippen LogP) is 8.37. The minimum atomic E-state index is -1.00. The largest absolute Gasteiger partial charge is 0.504 e. The van der Waals surface area contributed by atoms with Gasteiger partial charge in [0.2, 0.25) is 5.91 Å². The number of rotatable bonds is 10. The van der Waals surface area contributed by atoms with Crippen molar-refractivity contribution in [3.05, 3.63) is 138 Å². The van der Waals surface area contributed by atoms with Crippen LogP contribution in [0.4, 0.5) is 5.69 Å². The molecule has 8 atom stereocenters. The number of nitrogens with zero attached hydrogens (tertiary/aromatic N) is 4. The van der Waals surface area contributed by atoms with Gasteiger partial charge in [0.05, 0.1) is 22.0 Å². The Morgan fingerprint density at radius 2 is 1.29 bits per heavy atom. The third-order valence-electron chi connectivity index (χ3n) is 19.5. The van der Waals surface area contributed by atoms with Gasteiger partial charge in [0, 0.05) is 87.0 Å². The highest BCUT2D eigenvalue weighted by atomic mass is 35.5. The lowest BCUT2D eigenvalue weighted by atomic mass is 9.48. The fourth-order valence-electron chi connectivity index (χ4n) is 15.8. The molecule has 398 valence electrons. The molecule has 5 heterocycles. The molecule has 10 aliphatic rings. The smallest absolute Gasteiger partial charge is 0.226 e. The van der Waals surface area contributed by atoms with Crippen LogP contribution in [0.25, 0.3) is 0 Å². The molecular weight excluding hydrogens is 964 g/mol. The minimum absolute atomic E-state index is 0. The van der Waals surface area contributed by atoms with Crippen molar-refractivity contribution in [1.82, 2.24) is 14.7 Å². The number of aromatic hydroxyl groups is 2. The van der Waals surface area contributed by atoms with E-state index >= 15 is 0 Å². The number of ketones is 1. The second-order valence-electron chi connectivity index (χ2n) is 23.2. The van der Waals surface area contributed by atoms with Gasteiger partial charge < -0.3 is 39.7 Å². The van der Waals surface area contributed by atoms with E-state index in [1.54, 1.807) is 12.1 Å². The second-order valence-corrected chi connectivity index (χ2v) is 23.2. The number of ether oxygens (including phenoxy) is 2. The van der Waals surface area contributed by atoms with Crippen LogP contribution in [0.1, 0.15) is 105 Å². The van der Waals surface area contributed by atoms with E-state index < -0.39 is 28.1 Å². The Morgan fingerprint density at radius 1 is 0.733 bits per heavy atom. The molecule has 3 saturated carbocycles. The summed E-state index contributed by atoms with van der Waals surface area (Å²) in [5.41, 5.74) is 4.90. The summed E-state index contributed by atoms with van der Waals surface area (Å²) < 4.78 is 12.3. The normalized spacial score (nSPS) is 31.7. The lowest BCUT2D eigenvalue weighted by Crippen LogP contribution is -2.76. The van der Waals surface area contributed by atoms with Gasteiger partial charge in [-0.3, -0.25) is 19.4 Å². The van der Waals surface area contributed by atoms with Crippen molar-refractivity contribution in [2.45, 2.75) is 149 Å². The second kappa shape index (κ2) is 20.0. The van der Waals surface area contributed by atoms with E-state index in [1.165, 1.54) is 24.0 Å². The highest BCUT2D eigenvalue weighted by molar-refractivity contribution is 5.94. The number of aliphatic hydroxyl groups is 2. The fourth-order valence-corrected chi connectivity index (χ4v) is 15.8. The standard InChI is InChI=1S/C22H28N2O.C21H25NO3.C19H21NO4.ClH/c1-2-22(25)24(20-11-7-4-8-12-20)21-14-17-23(18-15-21)16-13-19-9-5-3-6-10-19;1-12-6-7-21(24)16-10-14-4-5-15(23)18-17(14)20(21,19(12)25-18)8-9-22(16)11-13-2-3-13;1-2-8-20-9-7-18-15-11-3-4-12(21)16(15)24-17(18)13(22)5-6-19(18,23)14(20)10-11;/h3-12,21H,2,13-18H2,1H3;4-5,13,16,19,23-24H,1-3,6-11H2;2-4,14,17,21,23H,1,5-10H2;1H/t;16-,19+,20+,21-;14-,17+,18+,19-;/m.11./s1. The molecule has 5 aliphatic heterocycles. The van der Waals surface area contributed by atoms with Crippen molar-refractivity contribution in [3.63, 3.8) is 0 Å². The van der Waals surface area contributed by atoms with E-state index in [0.717, 1.165) is 125 Å². The lowest BCUT2D eigenvalue weighted by molar-refractivity contribution is -0.187. The molecule has 6 fully saturated rings. The van der Waals surface area contributed by atoms with Crippen LogP contribution in [-0.4, -0.2) is 134 Å². The quantitative estimate of drug-likeness (QED) is 0.114. The number of phenolic OH excluding ortho intramolecular Hbond substituents is 2. The van der Waals surface area contributed by atoms with Gasteiger partial charge in [0.25, 0.3) is 0 Å². The monoisotopic (exact) mass is 1040 g/mol. The van der Waals surface area contributed by atoms with E-state index in [0.29, 0.717) is 49.6 Å². The Bertz CT molecular complexity index is 2840. The summed E-state index contributed by atoms with van der Waals surface area (Å²) in [4.78, 5) is 34.6. The van der Waals surface area contributed by atoms with Crippen LogP contribution in [0.2, 0.25) is 0 Å².